The average Bonchev–Trinajstić information content (AvgIpc) is 2.18. The SMILES string of the molecule is CC1CN(C(=O)OC(C)(C)C)CCC1CC=O. The lowest BCUT2D eigenvalue weighted by Crippen LogP contribution is -2.45. The van der Waals surface area contributed by atoms with Crippen LogP contribution < -0.4 is 0 Å². The number of carbonyl (C=O) groups is 2. The van der Waals surface area contributed by atoms with Gasteiger partial charge in [-0.25, -0.2) is 4.79 Å². The molecule has 17 heavy (non-hydrogen) atoms. The highest BCUT2D eigenvalue weighted by Gasteiger charge is 2.30. The van der Waals surface area contributed by atoms with E-state index in [1.54, 1.807) is 4.90 Å². The minimum atomic E-state index is -0.444. The first-order valence-corrected chi connectivity index (χ1v) is 6.25. The van der Waals surface area contributed by atoms with Gasteiger partial charge in [-0.3, -0.25) is 0 Å². The van der Waals surface area contributed by atoms with Crippen LogP contribution in [0.15, 0.2) is 0 Å². The molecule has 1 heterocycles. The third kappa shape index (κ3) is 4.36. The van der Waals surface area contributed by atoms with Gasteiger partial charge >= 0.3 is 6.09 Å². The first kappa shape index (κ1) is 14.0. The zero-order chi connectivity index (χ0) is 13.1. The van der Waals surface area contributed by atoms with Gasteiger partial charge in [-0.05, 0) is 39.0 Å². The molecule has 0 radical (unpaired) electrons. The Kier molecular flexibility index (Phi) is 4.54. The van der Waals surface area contributed by atoms with Crippen molar-refractivity contribution in [3.63, 3.8) is 0 Å². The van der Waals surface area contributed by atoms with Gasteiger partial charge in [0.2, 0.25) is 0 Å². The van der Waals surface area contributed by atoms with Gasteiger partial charge in [0.15, 0.2) is 0 Å². The number of rotatable bonds is 2. The number of ether oxygens (including phenoxy) is 1. The third-order valence-corrected chi connectivity index (χ3v) is 3.13. The highest BCUT2D eigenvalue weighted by Crippen LogP contribution is 2.26. The van der Waals surface area contributed by atoms with Crippen LogP contribution in [0.1, 0.15) is 40.5 Å². The molecular weight excluding hydrogens is 218 g/mol. The Bertz CT molecular complexity index is 283. The van der Waals surface area contributed by atoms with Crippen molar-refractivity contribution in [3.05, 3.63) is 0 Å². The van der Waals surface area contributed by atoms with Crippen molar-refractivity contribution in [3.8, 4) is 0 Å². The van der Waals surface area contributed by atoms with E-state index in [2.05, 4.69) is 6.92 Å². The molecule has 0 aliphatic carbocycles. The maximum absolute atomic E-state index is 11.9. The summed E-state index contributed by atoms with van der Waals surface area (Å²) in [6.07, 6.45) is 2.22. The molecule has 1 aliphatic rings. The maximum Gasteiger partial charge on any atom is 0.410 e. The standard InChI is InChI=1S/C13H23NO3/c1-10-9-14(7-5-11(10)6-8-15)12(16)17-13(2,3)4/h8,10-11H,5-7,9H2,1-4H3. The molecule has 0 aromatic rings. The highest BCUT2D eigenvalue weighted by molar-refractivity contribution is 5.68. The van der Waals surface area contributed by atoms with Crippen LogP contribution >= 0.6 is 0 Å². The van der Waals surface area contributed by atoms with E-state index in [4.69, 9.17) is 4.74 Å². The van der Waals surface area contributed by atoms with Crippen molar-refractivity contribution in [2.45, 2.75) is 46.1 Å². The molecule has 0 bridgehead atoms. The topological polar surface area (TPSA) is 46.6 Å². The van der Waals surface area contributed by atoms with Crippen molar-refractivity contribution in [2.75, 3.05) is 13.1 Å². The largest absolute Gasteiger partial charge is 0.444 e. The highest BCUT2D eigenvalue weighted by atomic mass is 16.6. The summed E-state index contributed by atoms with van der Waals surface area (Å²) < 4.78 is 5.34. The van der Waals surface area contributed by atoms with Gasteiger partial charge in [0.25, 0.3) is 0 Å². The van der Waals surface area contributed by atoms with Crippen LogP contribution in [0.5, 0.6) is 0 Å². The number of amides is 1. The minimum absolute atomic E-state index is 0.242. The smallest absolute Gasteiger partial charge is 0.410 e. The summed E-state index contributed by atoms with van der Waals surface area (Å²) in [5.41, 5.74) is -0.444. The van der Waals surface area contributed by atoms with Gasteiger partial charge < -0.3 is 14.4 Å². The molecule has 1 fully saturated rings. The van der Waals surface area contributed by atoms with Gasteiger partial charge in [0, 0.05) is 19.5 Å². The van der Waals surface area contributed by atoms with Crippen LogP contribution in [0.4, 0.5) is 4.79 Å². The molecule has 0 aromatic carbocycles. The van der Waals surface area contributed by atoms with E-state index in [-0.39, 0.29) is 6.09 Å². The number of hydrogen-bond donors (Lipinski definition) is 0. The summed E-state index contributed by atoms with van der Waals surface area (Å²) in [6, 6.07) is 0. The molecule has 0 spiro atoms. The van der Waals surface area contributed by atoms with Gasteiger partial charge in [0.05, 0.1) is 0 Å². The number of nitrogens with zero attached hydrogens (tertiary/aromatic N) is 1. The molecule has 98 valence electrons. The first-order chi connectivity index (χ1) is 7.83. The average molecular weight is 241 g/mol. The molecule has 2 unspecified atom stereocenters. The lowest BCUT2D eigenvalue weighted by molar-refractivity contribution is -0.109. The molecule has 0 aromatic heterocycles. The maximum atomic E-state index is 11.9. The fourth-order valence-corrected chi connectivity index (χ4v) is 2.16. The molecule has 4 nitrogen and oxygen atoms in total. The Hall–Kier alpha value is -1.06. The van der Waals surface area contributed by atoms with Crippen LogP contribution in [0.25, 0.3) is 0 Å². The van der Waals surface area contributed by atoms with Crippen LogP contribution in [0.2, 0.25) is 0 Å². The van der Waals surface area contributed by atoms with E-state index < -0.39 is 5.60 Å². The molecular formula is C13H23NO3. The van der Waals surface area contributed by atoms with Crippen molar-refractivity contribution >= 4 is 12.4 Å². The van der Waals surface area contributed by atoms with Crippen molar-refractivity contribution in [1.29, 1.82) is 0 Å². The minimum Gasteiger partial charge on any atom is -0.444 e. The number of carbonyl (C=O) groups excluding carboxylic acids is 2. The van der Waals surface area contributed by atoms with Crippen LogP contribution in [0, 0.1) is 11.8 Å². The molecule has 1 aliphatic heterocycles. The second-order valence-corrected chi connectivity index (χ2v) is 5.85. The summed E-state index contributed by atoms with van der Waals surface area (Å²) in [7, 11) is 0. The van der Waals surface area contributed by atoms with E-state index in [9.17, 15) is 9.59 Å². The van der Waals surface area contributed by atoms with Gasteiger partial charge in [-0.2, -0.15) is 0 Å². The van der Waals surface area contributed by atoms with Crippen LogP contribution in [-0.4, -0.2) is 36.0 Å². The lowest BCUT2D eigenvalue weighted by atomic mass is 9.85. The monoisotopic (exact) mass is 241 g/mol. The second kappa shape index (κ2) is 5.52. The predicted molar refractivity (Wildman–Crippen MR) is 65.8 cm³/mol. The predicted octanol–water partition coefficient (Wildman–Crippen LogP) is 2.47. The van der Waals surface area contributed by atoms with Crippen LogP contribution in [0.3, 0.4) is 0 Å². The Morgan fingerprint density at radius 2 is 2.12 bits per heavy atom. The molecule has 1 amide bonds. The quantitative estimate of drug-likeness (QED) is 0.698. The summed E-state index contributed by atoms with van der Waals surface area (Å²) in [6.45, 7) is 9.07. The Morgan fingerprint density at radius 3 is 2.59 bits per heavy atom. The molecule has 0 N–H and O–H groups in total. The van der Waals surface area contributed by atoms with E-state index in [0.29, 0.717) is 31.3 Å². The van der Waals surface area contributed by atoms with Crippen molar-refractivity contribution in [2.24, 2.45) is 11.8 Å². The molecule has 2 atom stereocenters. The fraction of sp³-hybridized carbons (Fsp3) is 0.846. The Balaban J connectivity index is 2.49. The third-order valence-electron chi connectivity index (χ3n) is 3.13. The lowest BCUT2D eigenvalue weighted by Gasteiger charge is -2.37. The summed E-state index contributed by atoms with van der Waals surface area (Å²) in [4.78, 5) is 24.1. The fourth-order valence-electron chi connectivity index (χ4n) is 2.16. The zero-order valence-corrected chi connectivity index (χ0v) is 11.2. The van der Waals surface area contributed by atoms with Crippen molar-refractivity contribution < 1.29 is 14.3 Å². The van der Waals surface area contributed by atoms with Gasteiger partial charge in [-0.1, -0.05) is 6.92 Å². The van der Waals surface area contributed by atoms with Crippen LogP contribution in [-0.2, 0) is 9.53 Å². The molecule has 1 saturated heterocycles. The van der Waals surface area contributed by atoms with Crippen molar-refractivity contribution in [1.82, 2.24) is 4.90 Å². The summed E-state index contributed by atoms with van der Waals surface area (Å²) in [5.74, 6) is 0.771. The number of aldehydes is 1. The number of piperidine rings is 1. The van der Waals surface area contributed by atoms with Gasteiger partial charge in [-0.15, -0.1) is 0 Å². The second-order valence-electron chi connectivity index (χ2n) is 5.85. The molecule has 4 heteroatoms. The Morgan fingerprint density at radius 1 is 1.47 bits per heavy atom. The normalized spacial score (nSPS) is 25.5. The van der Waals surface area contributed by atoms with E-state index in [1.807, 2.05) is 20.8 Å². The van der Waals surface area contributed by atoms with E-state index in [1.165, 1.54) is 0 Å². The van der Waals surface area contributed by atoms with E-state index >= 15 is 0 Å². The summed E-state index contributed by atoms with van der Waals surface area (Å²) in [5, 5.41) is 0. The summed E-state index contributed by atoms with van der Waals surface area (Å²) >= 11 is 0. The van der Waals surface area contributed by atoms with E-state index in [0.717, 1.165) is 12.7 Å². The Labute approximate surface area is 103 Å². The van der Waals surface area contributed by atoms with Gasteiger partial charge in [0.1, 0.15) is 11.9 Å². The zero-order valence-electron chi connectivity index (χ0n) is 11.2. The molecule has 1 rings (SSSR count). The number of likely N-dealkylation sites (tertiary alicyclic amines) is 1. The first-order valence-electron chi connectivity index (χ1n) is 6.25. The number of hydrogen-bond acceptors (Lipinski definition) is 3. The molecule has 0 saturated carbocycles.